The molecule has 2 atom stereocenters. The number of nitrogens with zero attached hydrogens (tertiary/aromatic N) is 6. The molecule has 2 aromatic rings. The van der Waals surface area contributed by atoms with Crippen LogP contribution in [0.25, 0.3) is 0 Å². The number of carboxylic acids is 2. The number of aliphatic carboxylic acids is 2. The number of hydrogen-bond donors (Lipinski definition) is 5. The van der Waals surface area contributed by atoms with E-state index in [1.165, 1.54) is 34.9 Å². The van der Waals surface area contributed by atoms with E-state index in [9.17, 15) is 24.6 Å². The highest BCUT2D eigenvalue weighted by Crippen LogP contribution is 2.29. The van der Waals surface area contributed by atoms with Crippen molar-refractivity contribution in [3.8, 4) is 0 Å². The third-order valence-electron chi connectivity index (χ3n) is 4.72. The van der Waals surface area contributed by atoms with Crippen molar-refractivity contribution >= 4 is 57.8 Å². The number of tetrazole rings is 1. The number of likely N-dealkylation sites (N-methyl/N-ethyl adjacent to an activating group) is 1. The summed E-state index contributed by atoms with van der Waals surface area (Å²) in [6, 6.07) is -1.36. The molecule has 3 heterocycles. The van der Waals surface area contributed by atoms with E-state index in [1.54, 1.807) is 10.1 Å². The van der Waals surface area contributed by atoms with E-state index in [2.05, 4.69) is 31.1 Å². The van der Waals surface area contributed by atoms with Crippen molar-refractivity contribution in [1.82, 2.24) is 40.7 Å². The quantitative estimate of drug-likeness (QED) is 0.208. The lowest BCUT2D eigenvalue weighted by Gasteiger charge is -2.31. The van der Waals surface area contributed by atoms with E-state index in [0.29, 0.717) is 33.9 Å². The maximum atomic E-state index is 12.4. The van der Waals surface area contributed by atoms with Gasteiger partial charge in [0.1, 0.15) is 11.1 Å². The lowest BCUT2D eigenvalue weighted by atomic mass is 10.2. The number of nitrogens with one attached hydrogen (secondary N) is 2. The number of nitrogen functional groups attached to an aromatic ring is 1. The van der Waals surface area contributed by atoms with Gasteiger partial charge in [-0.3, -0.25) is 4.79 Å². The van der Waals surface area contributed by atoms with Crippen LogP contribution in [0.3, 0.4) is 0 Å². The minimum absolute atomic E-state index is 0.0960. The third-order valence-corrected chi connectivity index (χ3v) is 7.75. The van der Waals surface area contributed by atoms with E-state index >= 15 is 0 Å². The molecule has 0 spiro atoms. The number of nitrogens with two attached hydrogens (primary N) is 1. The van der Waals surface area contributed by atoms with Crippen molar-refractivity contribution in [1.29, 1.82) is 0 Å². The van der Waals surface area contributed by atoms with Gasteiger partial charge in [0.25, 0.3) is 0 Å². The number of amides is 1. The Balaban J connectivity index is 1.66. The van der Waals surface area contributed by atoms with Crippen molar-refractivity contribution in [2.24, 2.45) is 0 Å². The minimum Gasteiger partial charge on any atom is -0.480 e. The number of anilines is 1. The van der Waals surface area contributed by atoms with Crippen LogP contribution in [0, 0.1) is 0 Å². The topological polar surface area (TPSA) is 201 Å². The van der Waals surface area contributed by atoms with Gasteiger partial charge in [0.05, 0.1) is 18.7 Å². The van der Waals surface area contributed by atoms with E-state index in [4.69, 9.17) is 5.73 Å². The van der Waals surface area contributed by atoms with Gasteiger partial charge in [0, 0.05) is 23.4 Å². The fourth-order valence-electron chi connectivity index (χ4n) is 3.00. The molecule has 2 aromatic heterocycles. The molecule has 6 N–H and O–H groups in total. The number of thiazole rings is 1. The molecule has 0 aromatic carbocycles. The third kappa shape index (κ3) is 7.55. The maximum Gasteiger partial charge on any atom is 0.352 e. The van der Waals surface area contributed by atoms with Gasteiger partial charge >= 0.3 is 11.9 Å². The van der Waals surface area contributed by atoms with Gasteiger partial charge in [0.2, 0.25) is 11.1 Å². The summed E-state index contributed by atoms with van der Waals surface area (Å²) in [5, 5.41) is 37.9. The van der Waals surface area contributed by atoms with Crippen molar-refractivity contribution in [2.75, 3.05) is 37.9 Å². The normalized spacial score (nSPS) is 16.7. The van der Waals surface area contributed by atoms with Gasteiger partial charge in [-0.2, -0.15) is 0 Å². The predicted molar refractivity (Wildman–Crippen MR) is 131 cm³/mol. The first kappa shape index (κ1) is 26.7. The first-order valence-electron chi connectivity index (χ1n) is 10.2. The van der Waals surface area contributed by atoms with Crippen LogP contribution < -0.4 is 16.4 Å². The molecule has 190 valence electrons. The first-order chi connectivity index (χ1) is 16.6. The van der Waals surface area contributed by atoms with Crippen LogP contribution in [-0.4, -0.2) is 102 Å². The summed E-state index contributed by atoms with van der Waals surface area (Å²) in [5.41, 5.74) is 6.46. The average Bonchev–Trinajstić information content (AvgIpc) is 3.42. The molecule has 0 saturated carbocycles. The van der Waals surface area contributed by atoms with E-state index < -0.39 is 29.3 Å². The molecular formula is C18H25N9O5S3. The van der Waals surface area contributed by atoms with Crippen molar-refractivity contribution < 1.29 is 24.6 Å². The van der Waals surface area contributed by atoms with Gasteiger partial charge < -0.3 is 31.5 Å². The number of carboxylic acid groups (broad SMARTS) is 2. The summed E-state index contributed by atoms with van der Waals surface area (Å²) < 4.78 is 1.64. The van der Waals surface area contributed by atoms with Gasteiger partial charge in [-0.15, -0.1) is 28.2 Å². The highest BCUT2D eigenvalue weighted by Gasteiger charge is 2.35. The summed E-state index contributed by atoms with van der Waals surface area (Å²) in [7, 11) is 3.87. The van der Waals surface area contributed by atoms with Crippen molar-refractivity contribution in [3.63, 3.8) is 0 Å². The monoisotopic (exact) mass is 543 g/mol. The van der Waals surface area contributed by atoms with Crippen LogP contribution in [0.15, 0.2) is 21.8 Å². The molecule has 0 fully saturated rings. The SMILES string of the molecule is CN(C)CCn1nnnc1SCC1=C(C(=O)O)NC(C(NC(=O)Cc2csc(N)n2)C(=O)O)SC1. The van der Waals surface area contributed by atoms with Crippen LogP contribution in [0.1, 0.15) is 5.69 Å². The molecule has 0 saturated heterocycles. The zero-order valence-corrected chi connectivity index (χ0v) is 21.3. The number of thioether (sulfide) groups is 2. The molecule has 14 nitrogen and oxygen atoms in total. The number of carbonyl (C=O) groups excluding carboxylic acids is 1. The average molecular weight is 544 g/mol. The minimum atomic E-state index is -1.36. The van der Waals surface area contributed by atoms with Gasteiger partial charge in [-0.25, -0.2) is 19.3 Å². The predicted octanol–water partition coefficient (Wildman–Crippen LogP) is -0.821. The fourth-order valence-corrected chi connectivity index (χ4v) is 5.82. The molecule has 0 bridgehead atoms. The summed E-state index contributed by atoms with van der Waals surface area (Å²) in [6.45, 7) is 1.31. The zero-order valence-electron chi connectivity index (χ0n) is 18.9. The number of carbonyl (C=O) groups is 3. The number of rotatable bonds is 12. The van der Waals surface area contributed by atoms with E-state index in [0.717, 1.165) is 6.54 Å². The number of hydrogen-bond acceptors (Lipinski definition) is 13. The van der Waals surface area contributed by atoms with Crippen LogP contribution >= 0.6 is 34.9 Å². The smallest absolute Gasteiger partial charge is 0.352 e. The Morgan fingerprint density at radius 2 is 2.17 bits per heavy atom. The van der Waals surface area contributed by atoms with Crippen LogP contribution in [0.5, 0.6) is 0 Å². The Kier molecular flexibility index (Phi) is 9.30. The van der Waals surface area contributed by atoms with Crippen molar-refractivity contribution in [2.45, 2.75) is 29.5 Å². The molecule has 0 radical (unpaired) electrons. The summed E-state index contributed by atoms with van der Waals surface area (Å²) in [5.74, 6) is -2.51. The molecule has 2 unspecified atom stereocenters. The Labute approximate surface area is 212 Å². The lowest BCUT2D eigenvalue weighted by Crippen LogP contribution is -2.55. The molecule has 1 amide bonds. The van der Waals surface area contributed by atoms with Crippen LogP contribution in [-0.2, 0) is 27.3 Å². The largest absolute Gasteiger partial charge is 0.480 e. The number of aromatic nitrogens is 5. The maximum absolute atomic E-state index is 12.4. The molecule has 35 heavy (non-hydrogen) atoms. The Morgan fingerprint density at radius 3 is 2.80 bits per heavy atom. The lowest BCUT2D eigenvalue weighted by molar-refractivity contribution is -0.142. The molecule has 17 heteroatoms. The molecule has 1 aliphatic rings. The summed E-state index contributed by atoms with van der Waals surface area (Å²) in [6.07, 6.45) is -0.138. The standard InChI is InChI=1S/C18H25N9O5S3/c1-26(2)3-4-27-18(23-24-25-27)35-7-9-6-33-14(22-12(9)15(29)30)13(16(31)32)21-11(28)5-10-8-34-17(19)20-10/h8,13-14,22H,3-7H2,1-2H3,(H2,19,20)(H,21,28)(H,29,30)(H,31,32). The fraction of sp³-hybridized carbons (Fsp3) is 0.500. The second-order valence-corrected chi connectivity index (χ2v) is 10.6. The summed E-state index contributed by atoms with van der Waals surface area (Å²) in [4.78, 5) is 42.2. The second kappa shape index (κ2) is 12.2. The Hall–Kier alpha value is -2.89. The zero-order chi connectivity index (χ0) is 25.5. The van der Waals surface area contributed by atoms with Gasteiger partial charge in [0.15, 0.2) is 11.2 Å². The van der Waals surface area contributed by atoms with Crippen LogP contribution in [0.2, 0.25) is 0 Å². The Morgan fingerprint density at radius 1 is 1.40 bits per heavy atom. The van der Waals surface area contributed by atoms with Crippen molar-refractivity contribution in [3.05, 3.63) is 22.3 Å². The molecular weight excluding hydrogens is 518 g/mol. The summed E-state index contributed by atoms with van der Waals surface area (Å²) >= 11 is 3.67. The molecule has 0 aliphatic carbocycles. The van der Waals surface area contributed by atoms with Crippen LogP contribution in [0.4, 0.5) is 5.13 Å². The van der Waals surface area contributed by atoms with E-state index in [-0.39, 0.29) is 17.9 Å². The first-order valence-corrected chi connectivity index (χ1v) is 13.1. The molecule has 1 aliphatic heterocycles. The second-order valence-electron chi connectivity index (χ2n) is 7.67. The highest BCUT2D eigenvalue weighted by molar-refractivity contribution is 8.00. The van der Waals surface area contributed by atoms with Gasteiger partial charge in [-0.05, 0) is 30.1 Å². The Bertz CT molecular complexity index is 1100. The van der Waals surface area contributed by atoms with E-state index in [1.807, 2.05) is 19.0 Å². The highest BCUT2D eigenvalue weighted by atomic mass is 32.2. The molecule has 3 rings (SSSR count). The van der Waals surface area contributed by atoms with Gasteiger partial charge in [-0.1, -0.05) is 11.8 Å².